The molecule has 1 nitrogen and oxygen atoms in total. The van der Waals surface area contributed by atoms with Crippen molar-refractivity contribution in [3.63, 3.8) is 0 Å². The number of nitrogens with one attached hydrogen (secondary N) is 1. The maximum absolute atomic E-state index is 3.42. The lowest BCUT2D eigenvalue weighted by Gasteiger charge is -2.36. The Labute approximate surface area is 51.1 Å². The van der Waals surface area contributed by atoms with E-state index in [1.54, 1.807) is 0 Å². The fourth-order valence-corrected chi connectivity index (χ4v) is 1.90. The highest BCUT2D eigenvalue weighted by Crippen LogP contribution is 2.42. The summed E-state index contributed by atoms with van der Waals surface area (Å²) in [6, 6.07) is 0. The van der Waals surface area contributed by atoms with E-state index in [4.69, 9.17) is 0 Å². The van der Waals surface area contributed by atoms with E-state index in [2.05, 4.69) is 5.32 Å². The standard InChI is InChI=1S/C6H12BN/c1-2-8-5-6(1)3-7-4-6/h7-8H,1-5H2. The number of hydrogen-bond donors (Lipinski definition) is 1. The Bertz CT molecular complexity index is 90.7. The average molecular weight is 109 g/mol. The van der Waals surface area contributed by atoms with Gasteiger partial charge in [0.25, 0.3) is 0 Å². The molecular weight excluding hydrogens is 96.9 g/mol. The molecule has 0 radical (unpaired) electrons. The third-order valence-corrected chi connectivity index (χ3v) is 2.75. The van der Waals surface area contributed by atoms with Crippen LogP contribution in [0, 0.1) is 5.41 Å². The van der Waals surface area contributed by atoms with Gasteiger partial charge in [-0.05, 0) is 24.9 Å². The molecule has 2 fully saturated rings. The molecular formula is C6H12BN. The van der Waals surface area contributed by atoms with E-state index in [0.29, 0.717) is 0 Å². The van der Waals surface area contributed by atoms with Gasteiger partial charge in [-0.3, -0.25) is 0 Å². The highest BCUT2D eigenvalue weighted by molar-refractivity contribution is 6.40. The van der Waals surface area contributed by atoms with Crippen molar-refractivity contribution in [1.29, 1.82) is 0 Å². The molecule has 0 aliphatic carbocycles. The van der Waals surface area contributed by atoms with E-state index >= 15 is 0 Å². The zero-order valence-electron chi connectivity index (χ0n) is 5.24. The van der Waals surface area contributed by atoms with Gasteiger partial charge in [0.15, 0.2) is 0 Å². The van der Waals surface area contributed by atoms with Gasteiger partial charge in [0.05, 0.1) is 0 Å². The summed E-state index contributed by atoms with van der Waals surface area (Å²) in [5.74, 6) is 0. The predicted molar refractivity (Wildman–Crippen MR) is 36.7 cm³/mol. The van der Waals surface area contributed by atoms with Crippen molar-refractivity contribution in [1.82, 2.24) is 5.32 Å². The quantitative estimate of drug-likeness (QED) is 0.439. The Balaban J connectivity index is 2.01. The molecule has 0 aromatic heterocycles. The third-order valence-electron chi connectivity index (χ3n) is 2.75. The van der Waals surface area contributed by atoms with Gasteiger partial charge < -0.3 is 5.32 Å². The van der Waals surface area contributed by atoms with E-state index in [-0.39, 0.29) is 0 Å². The Morgan fingerprint density at radius 1 is 1.38 bits per heavy atom. The van der Waals surface area contributed by atoms with Crippen molar-refractivity contribution >= 4 is 7.28 Å². The molecule has 2 heterocycles. The summed E-state index contributed by atoms with van der Waals surface area (Å²) in [5, 5.41) is 3.42. The highest BCUT2D eigenvalue weighted by atomic mass is 14.9. The lowest BCUT2D eigenvalue weighted by Crippen LogP contribution is -2.35. The largest absolute Gasteiger partial charge is 0.316 e. The highest BCUT2D eigenvalue weighted by Gasteiger charge is 2.39. The van der Waals surface area contributed by atoms with Crippen LogP contribution in [0.5, 0.6) is 0 Å². The first-order valence-corrected chi connectivity index (χ1v) is 3.62. The topological polar surface area (TPSA) is 12.0 Å². The molecule has 0 bridgehead atoms. The molecule has 0 amide bonds. The molecule has 0 unspecified atom stereocenters. The van der Waals surface area contributed by atoms with E-state index in [1.165, 1.54) is 39.4 Å². The van der Waals surface area contributed by atoms with E-state index in [0.717, 1.165) is 5.41 Å². The molecule has 0 atom stereocenters. The molecule has 44 valence electrons. The summed E-state index contributed by atoms with van der Waals surface area (Å²) >= 11 is 0. The first-order valence-electron chi connectivity index (χ1n) is 3.62. The molecule has 8 heavy (non-hydrogen) atoms. The second-order valence-electron chi connectivity index (χ2n) is 3.28. The van der Waals surface area contributed by atoms with Gasteiger partial charge >= 0.3 is 0 Å². The lowest BCUT2D eigenvalue weighted by atomic mass is 9.42. The number of rotatable bonds is 0. The van der Waals surface area contributed by atoms with Gasteiger partial charge in [-0.1, -0.05) is 12.6 Å². The second kappa shape index (κ2) is 1.50. The minimum absolute atomic E-state index is 0.806. The fourth-order valence-electron chi connectivity index (χ4n) is 1.90. The van der Waals surface area contributed by atoms with Crippen LogP contribution in [-0.4, -0.2) is 20.4 Å². The van der Waals surface area contributed by atoms with Crippen LogP contribution in [0.4, 0.5) is 0 Å². The molecule has 0 aromatic rings. The summed E-state index contributed by atoms with van der Waals surface area (Å²) in [6.45, 7) is 2.59. The fraction of sp³-hybridized carbons (Fsp3) is 1.00. The molecule has 2 aliphatic rings. The first-order chi connectivity index (χ1) is 3.91. The zero-order chi connectivity index (χ0) is 5.45. The van der Waals surface area contributed by atoms with Crippen molar-refractivity contribution in [3.05, 3.63) is 0 Å². The van der Waals surface area contributed by atoms with Crippen molar-refractivity contribution in [2.45, 2.75) is 19.1 Å². The summed E-state index contributed by atoms with van der Waals surface area (Å²) in [7, 11) is 1.49. The van der Waals surface area contributed by atoms with Crippen LogP contribution in [0.15, 0.2) is 0 Å². The third kappa shape index (κ3) is 0.525. The van der Waals surface area contributed by atoms with Crippen LogP contribution >= 0.6 is 0 Å². The summed E-state index contributed by atoms with van der Waals surface area (Å²) in [4.78, 5) is 0. The van der Waals surface area contributed by atoms with Crippen molar-refractivity contribution in [2.24, 2.45) is 5.41 Å². The molecule has 1 spiro atoms. The Morgan fingerprint density at radius 3 is 2.50 bits per heavy atom. The van der Waals surface area contributed by atoms with E-state index < -0.39 is 0 Å². The zero-order valence-corrected chi connectivity index (χ0v) is 5.24. The maximum atomic E-state index is 3.42. The molecule has 0 aromatic carbocycles. The minimum atomic E-state index is 0.806. The van der Waals surface area contributed by atoms with E-state index in [1.807, 2.05) is 0 Å². The van der Waals surface area contributed by atoms with Crippen LogP contribution in [-0.2, 0) is 0 Å². The van der Waals surface area contributed by atoms with Gasteiger partial charge in [-0.2, -0.15) is 0 Å². The van der Waals surface area contributed by atoms with Crippen LogP contribution in [0.25, 0.3) is 0 Å². The van der Waals surface area contributed by atoms with Crippen LogP contribution in [0.1, 0.15) is 6.42 Å². The molecule has 2 heteroatoms. The predicted octanol–water partition coefficient (Wildman–Crippen LogP) is 0.253. The van der Waals surface area contributed by atoms with Gasteiger partial charge in [0, 0.05) is 0 Å². The van der Waals surface area contributed by atoms with Crippen molar-refractivity contribution in [3.8, 4) is 0 Å². The van der Waals surface area contributed by atoms with Gasteiger partial charge in [0.2, 0.25) is 0 Å². The van der Waals surface area contributed by atoms with Gasteiger partial charge in [0.1, 0.15) is 7.28 Å². The SMILES string of the molecule is B1CC2(C1)CCNC2. The molecule has 2 saturated heterocycles. The van der Waals surface area contributed by atoms with Crippen LogP contribution < -0.4 is 5.32 Å². The summed E-state index contributed by atoms with van der Waals surface area (Å²) in [5.41, 5.74) is 0.806. The summed E-state index contributed by atoms with van der Waals surface area (Å²) in [6.07, 6.45) is 4.45. The van der Waals surface area contributed by atoms with E-state index in [9.17, 15) is 0 Å². The van der Waals surface area contributed by atoms with Crippen molar-refractivity contribution in [2.75, 3.05) is 13.1 Å². The van der Waals surface area contributed by atoms with Gasteiger partial charge in [-0.15, -0.1) is 0 Å². The molecule has 2 rings (SSSR count). The Hall–Kier alpha value is 0.0249. The second-order valence-corrected chi connectivity index (χ2v) is 3.28. The minimum Gasteiger partial charge on any atom is -0.316 e. The Kier molecular flexibility index (Phi) is 0.914. The monoisotopic (exact) mass is 109 g/mol. The van der Waals surface area contributed by atoms with Crippen LogP contribution in [0.2, 0.25) is 12.6 Å². The van der Waals surface area contributed by atoms with Gasteiger partial charge in [-0.25, -0.2) is 0 Å². The first kappa shape index (κ1) is 4.86. The summed E-state index contributed by atoms with van der Waals surface area (Å²) < 4.78 is 0. The Morgan fingerprint density at radius 2 is 2.25 bits per heavy atom. The number of hydrogen-bond acceptors (Lipinski definition) is 1. The molecule has 2 aliphatic heterocycles. The maximum Gasteiger partial charge on any atom is 0.121 e. The van der Waals surface area contributed by atoms with Crippen molar-refractivity contribution < 1.29 is 0 Å². The normalized spacial score (nSPS) is 32.0. The molecule has 1 N–H and O–H groups in total. The van der Waals surface area contributed by atoms with Crippen LogP contribution in [0.3, 0.4) is 0 Å². The lowest BCUT2D eigenvalue weighted by molar-refractivity contribution is 0.371. The average Bonchev–Trinajstić information content (AvgIpc) is 2.07. The smallest absolute Gasteiger partial charge is 0.121 e. The molecule has 0 saturated carbocycles.